The molecule has 120 valence electrons. The van der Waals surface area contributed by atoms with Gasteiger partial charge in [0.25, 0.3) is 5.56 Å². The molecule has 21 heavy (non-hydrogen) atoms. The lowest BCUT2D eigenvalue weighted by atomic mass is 10.1. The number of rotatable bonds is 9. The summed E-state index contributed by atoms with van der Waals surface area (Å²) in [4.78, 5) is 14.2. The number of unbranched alkanes of at least 4 members (excludes halogenated alkanes) is 2. The van der Waals surface area contributed by atoms with Crippen LogP contribution in [0.3, 0.4) is 0 Å². The van der Waals surface area contributed by atoms with Gasteiger partial charge in [-0.1, -0.05) is 37.8 Å². The van der Waals surface area contributed by atoms with Crippen molar-refractivity contribution in [3.05, 3.63) is 21.6 Å². The first kappa shape index (κ1) is 18.0. The van der Waals surface area contributed by atoms with Crippen LogP contribution in [0.15, 0.2) is 11.0 Å². The van der Waals surface area contributed by atoms with Crippen LogP contribution in [0, 0.1) is 0 Å². The Morgan fingerprint density at radius 1 is 1.43 bits per heavy atom. The third-order valence-corrected chi connectivity index (χ3v) is 3.75. The van der Waals surface area contributed by atoms with Gasteiger partial charge in [0.05, 0.1) is 18.4 Å². The van der Waals surface area contributed by atoms with Crippen molar-refractivity contribution in [2.75, 3.05) is 26.0 Å². The largest absolute Gasteiger partial charge is 0.380 e. The van der Waals surface area contributed by atoms with Crippen molar-refractivity contribution in [3.8, 4) is 0 Å². The third-order valence-electron chi connectivity index (χ3n) is 3.39. The van der Waals surface area contributed by atoms with Gasteiger partial charge in [-0.05, 0) is 27.4 Å². The molecule has 0 saturated carbocycles. The molecule has 0 spiro atoms. The van der Waals surface area contributed by atoms with E-state index >= 15 is 0 Å². The summed E-state index contributed by atoms with van der Waals surface area (Å²) in [5, 5.41) is 7.70. The molecule has 1 N–H and O–H groups in total. The molecule has 0 aliphatic rings. The van der Waals surface area contributed by atoms with Crippen molar-refractivity contribution in [1.29, 1.82) is 0 Å². The SMILES string of the molecule is CCCCCC(C)Nc1cnn(CCN(C)C)c(=O)c1Cl. The molecular formula is C15H27ClN4O. The highest BCUT2D eigenvalue weighted by molar-refractivity contribution is 6.32. The number of halogens is 1. The predicted molar refractivity (Wildman–Crippen MR) is 89.3 cm³/mol. The van der Waals surface area contributed by atoms with Gasteiger partial charge in [0.1, 0.15) is 5.02 Å². The molecule has 0 bridgehead atoms. The van der Waals surface area contributed by atoms with Gasteiger partial charge >= 0.3 is 0 Å². The average Bonchev–Trinajstić information content (AvgIpc) is 2.43. The first-order chi connectivity index (χ1) is 9.95. The first-order valence-electron chi connectivity index (χ1n) is 7.62. The van der Waals surface area contributed by atoms with Crippen LogP contribution in [-0.2, 0) is 6.54 Å². The Balaban J connectivity index is 2.68. The number of nitrogens with one attached hydrogen (secondary N) is 1. The highest BCUT2D eigenvalue weighted by Crippen LogP contribution is 2.18. The molecule has 5 nitrogen and oxygen atoms in total. The van der Waals surface area contributed by atoms with E-state index in [1.54, 1.807) is 6.20 Å². The molecule has 0 saturated heterocycles. The fourth-order valence-corrected chi connectivity index (χ4v) is 2.26. The van der Waals surface area contributed by atoms with Crippen molar-refractivity contribution < 1.29 is 0 Å². The Labute approximate surface area is 132 Å². The molecular weight excluding hydrogens is 288 g/mol. The zero-order valence-corrected chi connectivity index (χ0v) is 14.3. The highest BCUT2D eigenvalue weighted by Gasteiger charge is 2.11. The van der Waals surface area contributed by atoms with Crippen LogP contribution in [0.4, 0.5) is 5.69 Å². The van der Waals surface area contributed by atoms with E-state index in [1.165, 1.54) is 23.9 Å². The van der Waals surface area contributed by atoms with E-state index in [4.69, 9.17) is 11.6 Å². The Morgan fingerprint density at radius 2 is 2.14 bits per heavy atom. The first-order valence-corrected chi connectivity index (χ1v) is 8.00. The minimum atomic E-state index is -0.232. The summed E-state index contributed by atoms with van der Waals surface area (Å²) >= 11 is 6.17. The summed E-state index contributed by atoms with van der Waals surface area (Å²) < 4.78 is 1.41. The van der Waals surface area contributed by atoms with Gasteiger partial charge in [-0.3, -0.25) is 4.79 Å². The van der Waals surface area contributed by atoms with Crippen molar-refractivity contribution in [3.63, 3.8) is 0 Å². The molecule has 1 atom stereocenters. The number of aromatic nitrogens is 2. The molecule has 1 rings (SSSR count). The Bertz CT molecular complexity index is 487. The molecule has 0 aliphatic heterocycles. The van der Waals surface area contributed by atoms with Crippen LogP contribution < -0.4 is 10.9 Å². The van der Waals surface area contributed by atoms with Crippen LogP contribution in [-0.4, -0.2) is 41.4 Å². The number of anilines is 1. The van der Waals surface area contributed by atoms with Gasteiger partial charge < -0.3 is 10.2 Å². The smallest absolute Gasteiger partial charge is 0.287 e. The zero-order chi connectivity index (χ0) is 15.8. The number of nitrogens with zero attached hydrogens (tertiary/aromatic N) is 3. The van der Waals surface area contributed by atoms with Crippen LogP contribution >= 0.6 is 11.6 Å². The molecule has 0 radical (unpaired) electrons. The normalized spacial score (nSPS) is 12.7. The maximum Gasteiger partial charge on any atom is 0.287 e. The second-order valence-corrected chi connectivity index (χ2v) is 6.12. The second-order valence-electron chi connectivity index (χ2n) is 5.74. The lowest BCUT2D eigenvalue weighted by Crippen LogP contribution is -2.30. The van der Waals surface area contributed by atoms with Crippen molar-refractivity contribution in [1.82, 2.24) is 14.7 Å². The van der Waals surface area contributed by atoms with Crippen molar-refractivity contribution in [2.24, 2.45) is 0 Å². The number of likely N-dealkylation sites (N-methyl/N-ethyl adjacent to an activating group) is 1. The molecule has 1 heterocycles. The van der Waals surface area contributed by atoms with Gasteiger partial charge in [0.2, 0.25) is 0 Å². The van der Waals surface area contributed by atoms with Crippen LogP contribution in [0.5, 0.6) is 0 Å². The standard InChI is InChI=1S/C15H27ClN4O/c1-5-6-7-8-12(2)18-13-11-17-20(10-9-19(3)4)15(21)14(13)16/h11-12,18H,5-10H2,1-4H3. The lowest BCUT2D eigenvalue weighted by Gasteiger charge is -2.17. The monoisotopic (exact) mass is 314 g/mol. The minimum absolute atomic E-state index is 0.228. The molecule has 0 fully saturated rings. The second kappa shape index (κ2) is 9.05. The summed E-state index contributed by atoms with van der Waals surface area (Å²) in [5.41, 5.74) is 0.399. The van der Waals surface area contributed by atoms with Gasteiger partial charge in [-0.15, -0.1) is 0 Å². The van der Waals surface area contributed by atoms with Crippen LogP contribution in [0.25, 0.3) is 0 Å². The van der Waals surface area contributed by atoms with Crippen LogP contribution in [0.1, 0.15) is 39.5 Å². The Hall–Kier alpha value is -1.07. The van der Waals surface area contributed by atoms with Crippen LogP contribution in [0.2, 0.25) is 5.02 Å². The molecule has 1 aromatic rings. The van der Waals surface area contributed by atoms with E-state index < -0.39 is 0 Å². The quantitative estimate of drug-likeness (QED) is 0.712. The summed E-state index contributed by atoms with van der Waals surface area (Å²) in [5.74, 6) is 0. The van der Waals surface area contributed by atoms with Gasteiger partial charge in [-0.25, -0.2) is 4.68 Å². The maximum absolute atomic E-state index is 12.2. The molecule has 1 aromatic heterocycles. The van der Waals surface area contributed by atoms with E-state index in [1.807, 2.05) is 19.0 Å². The van der Waals surface area contributed by atoms with E-state index in [9.17, 15) is 4.79 Å². The Kier molecular flexibility index (Phi) is 7.75. The molecule has 1 unspecified atom stereocenters. The van der Waals surface area contributed by atoms with E-state index in [0.717, 1.165) is 13.0 Å². The number of hydrogen-bond donors (Lipinski definition) is 1. The van der Waals surface area contributed by atoms with Gasteiger partial charge in [0, 0.05) is 12.6 Å². The third kappa shape index (κ3) is 6.06. The number of hydrogen-bond acceptors (Lipinski definition) is 4. The molecule has 6 heteroatoms. The molecule has 0 aliphatic carbocycles. The van der Waals surface area contributed by atoms with Crippen molar-refractivity contribution in [2.45, 2.75) is 52.1 Å². The predicted octanol–water partition coefficient (Wildman–Crippen LogP) is 2.84. The van der Waals surface area contributed by atoms with Gasteiger partial charge in [-0.2, -0.15) is 5.10 Å². The average molecular weight is 315 g/mol. The zero-order valence-electron chi connectivity index (χ0n) is 13.5. The summed E-state index contributed by atoms with van der Waals surface area (Å²) in [6, 6.07) is 0.285. The van der Waals surface area contributed by atoms with E-state index in [2.05, 4.69) is 24.3 Å². The molecule has 0 amide bonds. The lowest BCUT2D eigenvalue weighted by molar-refractivity contribution is 0.367. The fraction of sp³-hybridized carbons (Fsp3) is 0.733. The highest BCUT2D eigenvalue weighted by atomic mass is 35.5. The van der Waals surface area contributed by atoms with E-state index in [0.29, 0.717) is 12.2 Å². The van der Waals surface area contributed by atoms with E-state index in [-0.39, 0.29) is 16.6 Å². The molecule has 0 aromatic carbocycles. The van der Waals surface area contributed by atoms with Crippen molar-refractivity contribution >= 4 is 17.3 Å². The van der Waals surface area contributed by atoms with Gasteiger partial charge in [0.15, 0.2) is 0 Å². The Morgan fingerprint density at radius 3 is 2.76 bits per heavy atom. The summed E-state index contributed by atoms with van der Waals surface area (Å²) in [6.07, 6.45) is 6.32. The summed E-state index contributed by atoms with van der Waals surface area (Å²) in [6.45, 7) is 5.58. The maximum atomic E-state index is 12.2. The minimum Gasteiger partial charge on any atom is -0.380 e. The fourth-order valence-electron chi connectivity index (χ4n) is 2.06. The summed E-state index contributed by atoms with van der Waals surface area (Å²) in [7, 11) is 3.92. The topological polar surface area (TPSA) is 50.2 Å².